The van der Waals surface area contributed by atoms with Crippen molar-refractivity contribution in [2.75, 3.05) is 12.3 Å². The number of hydrogen-bond acceptors (Lipinski definition) is 4. The Kier molecular flexibility index (Phi) is 3.20. The van der Waals surface area contributed by atoms with Crippen molar-refractivity contribution in [1.82, 2.24) is 4.90 Å². The number of amides is 1. The molecular weight excluding hydrogens is 236 g/mol. The minimum Gasteiger partial charge on any atom is -0.480 e. The Bertz CT molecular complexity index is 489. The van der Waals surface area contributed by atoms with Crippen molar-refractivity contribution >= 4 is 17.6 Å². The lowest BCUT2D eigenvalue weighted by molar-refractivity contribution is -0.141. The second-order valence-electron chi connectivity index (χ2n) is 4.29. The van der Waals surface area contributed by atoms with Gasteiger partial charge in [-0.1, -0.05) is 12.1 Å². The molecule has 0 saturated carbocycles. The first-order chi connectivity index (χ1) is 8.50. The number of anilines is 1. The highest BCUT2D eigenvalue weighted by Gasteiger charge is 2.39. The average Bonchev–Trinajstić information content (AvgIpc) is 2.71. The number of nitrogens with zero attached hydrogens (tertiary/aromatic N) is 1. The van der Waals surface area contributed by atoms with Crippen LogP contribution in [-0.2, 0) is 4.79 Å². The van der Waals surface area contributed by atoms with E-state index >= 15 is 0 Å². The fourth-order valence-corrected chi connectivity index (χ4v) is 2.12. The highest BCUT2D eigenvalue weighted by Crippen LogP contribution is 2.23. The lowest BCUT2D eigenvalue weighted by atomic mass is 10.1. The molecule has 0 unspecified atom stereocenters. The zero-order valence-electron chi connectivity index (χ0n) is 9.61. The van der Waals surface area contributed by atoms with Crippen molar-refractivity contribution in [1.29, 1.82) is 0 Å². The summed E-state index contributed by atoms with van der Waals surface area (Å²) in [6.07, 6.45) is -0.756. The van der Waals surface area contributed by atoms with Gasteiger partial charge in [-0.15, -0.1) is 0 Å². The lowest BCUT2D eigenvalue weighted by Crippen LogP contribution is -2.40. The maximum atomic E-state index is 12.2. The number of carboxylic acid groups (broad SMARTS) is 1. The first-order valence-corrected chi connectivity index (χ1v) is 5.57. The van der Waals surface area contributed by atoms with Crippen molar-refractivity contribution in [3.8, 4) is 0 Å². The Balaban J connectivity index is 2.28. The number of aliphatic hydroxyl groups excluding tert-OH is 1. The highest BCUT2D eigenvalue weighted by molar-refractivity contribution is 6.01. The molecule has 0 spiro atoms. The number of aliphatic hydroxyl groups is 1. The number of benzene rings is 1. The molecule has 1 aliphatic rings. The summed E-state index contributed by atoms with van der Waals surface area (Å²) in [5.74, 6) is -1.58. The monoisotopic (exact) mass is 250 g/mol. The molecule has 1 fully saturated rings. The standard InChI is InChI=1S/C12H14N2O4/c13-9-4-2-1-3-8(9)11(16)14-6-7(15)5-10(14)12(17)18/h1-4,7,10,15H,5-6,13H2,(H,17,18)/t7-,10-/m1/s1. The smallest absolute Gasteiger partial charge is 0.326 e. The molecule has 1 aliphatic heterocycles. The summed E-state index contributed by atoms with van der Waals surface area (Å²) in [5.41, 5.74) is 6.25. The summed E-state index contributed by atoms with van der Waals surface area (Å²) in [5, 5.41) is 18.5. The molecule has 1 aromatic rings. The fraction of sp³-hybridized carbons (Fsp3) is 0.333. The molecule has 0 bridgehead atoms. The number of hydrogen-bond donors (Lipinski definition) is 3. The zero-order valence-corrected chi connectivity index (χ0v) is 9.61. The Labute approximate surface area is 104 Å². The van der Waals surface area contributed by atoms with E-state index < -0.39 is 24.0 Å². The van der Waals surface area contributed by atoms with E-state index in [0.717, 1.165) is 4.90 Å². The summed E-state index contributed by atoms with van der Waals surface area (Å²) < 4.78 is 0. The van der Waals surface area contributed by atoms with Crippen LogP contribution in [0.2, 0.25) is 0 Å². The number of carbonyl (C=O) groups excluding carboxylic acids is 1. The molecule has 0 radical (unpaired) electrons. The van der Waals surface area contributed by atoms with Crippen LogP contribution in [0.1, 0.15) is 16.8 Å². The van der Waals surface area contributed by atoms with Gasteiger partial charge in [0, 0.05) is 18.7 Å². The van der Waals surface area contributed by atoms with E-state index in [9.17, 15) is 14.7 Å². The molecule has 1 heterocycles. The average molecular weight is 250 g/mol. The molecule has 1 aromatic carbocycles. The third-order valence-corrected chi connectivity index (χ3v) is 3.02. The largest absolute Gasteiger partial charge is 0.480 e. The van der Waals surface area contributed by atoms with Gasteiger partial charge in [0.25, 0.3) is 5.91 Å². The summed E-state index contributed by atoms with van der Waals surface area (Å²) in [6.45, 7) is 0.0180. The molecule has 2 atom stereocenters. The van der Waals surface area contributed by atoms with Crippen molar-refractivity contribution in [2.45, 2.75) is 18.6 Å². The van der Waals surface area contributed by atoms with Gasteiger partial charge < -0.3 is 20.8 Å². The normalized spacial score (nSPS) is 23.1. The number of para-hydroxylation sites is 1. The van der Waals surface area contributed by atoms with Crippen molar-refractivity contribution in [2.24, 2.45) is 0 Å². The molecule has 1 saturated heterocycles. The second-order valence-corrected chi connectivity index (χ2v) is 4.29. The van der Waals surface area contributed by atoms with Gasteiger partial charge >= 0.3 is 5.97 Å². The van der Waals surface area contributed by atoms with Crippen molar-refractivity contribution in [3.63, 3.8) is 0 Å². The Morgan fingerprint density at radius 1 is 1.33 bits per heavy atom. The first-order valence-electron chi connectivity index (χ1n) is 5.57. The molecule has 6 heteroatoms. The van der Waals surface area contributed by atoms with Crippen molar-refractivity contribution in [3.05, 3.63) is 29.8 Å². The van der Waals surface area contributed by atoms with E-state index in [1.165, 1.54) is 0 Å². The molecule has 0 aliphatic carbocycles. The molecule has 1 amide bonds. The van der Waals surface area contributed by atoms with Crippen LogP contribution in [0.15, 0.2) is 24.3 Å². The Morgan fingerprint density at radius 2 is 2.00 bits per heavy atom. The number of nitrogens with two attached hydrogens (primary N) is 1. The SMILES string of the molecule is Nc1ccccc1C(=O)N1C[C@H](O)C[C@@H]1C(=O)O. The van der Waals surface area contributed by atoms with Gasteiger partial charge in [0.2, 0.25) is 0 Å². The summed E-state index contributed by atoms with van der Waals surface area (Å²) >= 11 is 0. The van der Waals surface area contributed by atoms with Gasteiger partial charge in [0.05, 0.1) is 11.7 Å². The van der Waals surface area contributed by atoms with E-state index in [0.29, 0.717) is 5.69 Å². The van der Waals surface area contributed by atoms with E-state index in [-0.39, 0.29) is 18.5 Å². The van der Waals surface area contributed by atoms with Crippen LogP contribution in [0.25, 0.3) is 0 Å². The number of rotatable bonds is 2. The van der Waals surface area contributed by atoms with Crippen LogP contribution in [0.5, 0.6) is 0 Å². The molecule has 6 nitrogen and oxygen atoms in total. The summed E-state index contributed by atoms with van der Waals surface area (Å²) in [6, 6.07) is 5.48. The molecule has 0 aromatic heterocycles. The van der Waals surface area contributed by atoms with Crippen molar-refractivity contribution < 1.29 is 19.8 Å². The van der Waals surface area contributed by atoms with Gasteiger partial charge in [-0.25, -0.2) is 4.79 Å². The maximum Gasteiger partial charge on any atom is 0.326 e. The summed E-state index contributed by atoms with van der Waals surface area (Å²) in [7, 11) is 0. The number of β-amino-alcohol motifs (C(OH)–C–C–N with tert-alkyl or cyclic N) is 1. The topological polar surface area (TPSA) is 104 Å². The number of nitrogen functional groups attached to an aromatic ring is 1. The second kappa shape index (κ2) is 4.66. The van der Waals surface area contributed by atoms with E-state index in [4.69, 9.17) is 10.8 Å². The molecule has 4 N–H and O–H groups in total. The molecular formula is C12H14N2O4. The lowest BCUT2D eigenvalue weighted by Gasteiger charge is -2.21. The van der Waals surface area contributed by atoms with E-state index in [2.05, 4.69) is 0 Å². The molecule has 18 heavy (non-hydrogen) atoms. The third-order valence-electron chi connectivity index (χ3n) is 3.02. The van der Waals surface area contributed by atoms with Gasteiger partial charge in [-0.2, -0.15) is 0 Å². The molecule has 2 rings (SSSR count). The number of carbonyl (C=O) groups is 2. The number of aliphatic carboxylic acids is 1. The number of likely N-dealkylation sites (tertiary alicyclic amines) is 1. The minimum absolute atomic E-state index is 0.0180. The third kappa shape index (κ3) is 2.14. The summed E-state index contributed by atoms with van der Waals surface area (Å²) in [4.78, 5) is 24.4. The Hall–Kier alpha value is -2.08. The van der Waals surface area contributed by atoms with Crippen LogP contribution in [0, 0.1) is 0 Å². The Morgan fingerprint density at radius 3 is 2.61 bits per heavy atom. The highest BCUT2D eigenvalue weighted by atomic mass is 16.4. The van der Waals surface area contributed by atoms with Gasteiger partial charge in [0.1, 0.15) is 6.04 Å². The van der Waals surface area contributed by atoms with Crippen LogP contribution < -0.4 is 5.73 Å². The maximum absolute atomic E-state index is 12.2. The van der Waals surface area contributed by atoms with Gasteiger partial charge in [-0.3, -0.25) is 4.79 Å². The van der Waals surface area contributed by atoms with Crippen LogP contribution in [0.3, 0.4) is 0 Å². The first kappa shape index (κ1) is 12.4. The predicted octanol–water partition coefficient (Wildman–Crippen LogP) is -0.0712. The van der Waals surface area contributed by atoms with Crippen LogP contribution in [0.4, 0.5) is 5.69 Å². The zero-order chi connectivity index (χ0) is 13.3. The molecule has 96 valence electrons. The fourth-order valence-electron chi connectivity index (χ4n) is 2.12. The van der Waals surface area contributed by atoms with Gasteiger partial charge in [-0.05, 0) is 12.1 Å². The van der Waals surface area contributed by atoms with E-state index in [1.54, 1.807) is 24.3 Å². The van der Waals surface area contributed by atoms with Gasteiger partial charge in [0.15, 0.2) is 0 Å². The van der Waals surface area contributed by atoms with Crippen LogP contribution in [-0.4, -0.2) is 45.7 Å². The number of carboxylic acids is 1. The van der Waals surface area contributed by atoms with Crippen LogP contribution >= 0.6 is 0 Å². The minimum atomic E-state index is -1.12. The van der Waals surface area contributed by atoms with E-state index in [1.807, 2.05) is 0 Å². The quantitative estimate of drug-likeness (QED) is 0.637. The predicted molar refractivity (Wildman–Crippen MR) is 63.9 cm³/mol.